The predicted octanol–water partition coefficient (Wildman–Crippen LogP) is -1.12. The number of aromatic nitrogens is 3. The fourth-order valence-electron chi connectivity index (χ4n) is 1.89. The summed E-state index contributed by atoms with van der Waals surface area (Å²) >= 11 is 0.879. The summed E-state index contributed by atoms with van der Waals surface area (Å²) in [5, 5.41) is 25.6. The van der Waals surface area contributed by atoms with Crippen molar-refractivity contribution in [1.29, 1.82) is 0 Å². The second-order valence-corrected chi connectivity index (χ2v) is 5.06. The number of hydrogen-bond acceptors (Lipinski definition) is 7. The molecule has 0 bridgehead atoms. The van der Waals surface area contributed by atoms with Crippen molar-refractivity contribution in [1.82, 2.24) is 19.7 Å². The van der Waals surface area contributed by atoms with Crippen LogP contribution in [0.15, 0.2) is 5.16 Å². The molecule has 20 heavy (non-hydrogen) atoms. The first-order valence-electron chi connectivity index (χ1n) is 5.65. The zero-order valence-corrected chi connectivity index (χ0v) is 11.3. The Bertz CT molecular complexity index is 572. The van der Waals surface area contributed by atoms with Crippen molar-refractivity contribution in [2.45, 2.75) is 24.2 Å². The van der Waals surface area contributed by atoms with Crippen LogP contribution in [0.2, 0.25) is 0 Å². The molecule has 0 spiro atoms. The van der Waals surface area contributed by atoms with Gasteiger partial charge in [-0.25, -0.2) is 0 Å². The number of carboxylic acid groups (broad SMARTS) is 1. The average molecular weight is 300 g/mol. The molecule has 2 N–H and O–H groups in total. The zero-order chi connectivity index (χ0) is 14.9. The van der Waals surface area contributed by atoms with Crippen LogP contribution in [-0.2, 0) is 21.0 Å². The standard InChI is InChI=1S/C10H12N4O5S/c1-13-7(16)2-5(9(13)19)14-6(3-15)11-12-10(14)20-4-8(17)18/h5,15H,2-4H2,1H3,(H,17,18). The second-order valence-electron chi connectivity index (χ2n) is 4.12. The smallest absolute Gasteiger partial charge is 0.313 e. The van der Waals surface area contributed by atoms with Gasteiger partial charge in [0.25, 0.3) is 5.91 Å². The number of likely N-dealkylation sites (N-methyl/N-ethyl adjacent to an activating group) is 1. The van der Waals surface area contributed by atoms with Gasteiger partial charge in [0.2, 0.25) is 5.91 Å². The Hall–Kier alpha value is -1.94. The van der Waals surface area contributed by atoms with Crippen molar-refractivity contribution in [2.24, 2.45) is 0 Å². The Morgan fingerprint density at radius 3 is 2.65 bits per heavy atom. The van der Waals surface area contributed by atoms with E-state index in [1.165, 1.54) is 11.6 Å². The average Bonchev–Trinajstić information content (AvgIpc) is 2.92. The van der Waals surface area contributed by atoms with Crippen LogP contribution in [0.1, 0.15) is 18.3 Å². The molecule has 9 nitrogen and oxygen atoms in total. The third-order valence-electron chi connectivity index (χ3n) is 2.87. The van der Waals surface area contributed by atoms with E-state index in [9.17, 15) is 19.5 Å². The number of rotatable bonds is 5. The molecule has 1 aromatic heterocycles. The van der Waals surface area contributed by atoms with Gasteiger partial charge >= 0.3 is 5.97 Å². The summed E-state index contributed by atoms with van der Waals surface area (Å²) in [5.74, 6) is -1.94. The van der Waals surface area contributed by atoms with Gasteiger partial charge in [0, 0.05) is 7.05 Å². The number of hydrogen-bond donors (Lipinski definition) is 2. The van der Waals surface area contributed by atoms with Gasteiger partial charge < -0.3 is 10.2 Å². The molecule has 1 unspecified atom stereocenters. The van der Waals surface area contributed by atoms with Gasteiger partial charge in [-0.15, -0.1) is 10.2 Å². The van der Waals surface area contributed by atoms with Gasteiger partial charge in [-0.3, -0.25) is 23.9 Å². The van der Waals surface area contributed by atoms with Crippen molar-refractivity contribution in [2.75, 3.05) is 12.8 Å². The van der Waals surface area contributed by atoms with Crippen LogP contribution in [0.25, 0.3) is 0 Å². The van der Waals surface area contributed by atoms with Crippen LogP contribution >= 0.6 is 11.8 Å². The summed E-state index contributed by atoms with van der Waals surface area (Å²) in [6.45, 7) is -0.456. The number of aliphatic hydroxyl groups is 1. The fraction of sp³-hybridized carbons (Fsp3) is 0.500. The summed E-state index contributed by atoms with van der Waals surface area (Å²) in [6, 6.07) is -0.832. The summed E-state index contributed by atoms with van der Waals surface area (Å²) in [7, 11) is 1.37. The number of amides is 2. The molecule has 10 heteroatoms. The minimum Gasteiger partial charge on any atom is -0.481 e. The summed E-state index contributed by atoms with van der Waals surface area (Å²) in [4.78, 5) is 35.1. The number of carboxylic acids is 1. The summed E-state index contributed by atoms with van der Waals surface area (Å²) in [5.41, 5.74) is 0. The Kier molecular flexibility index (Phi) is 4.04. The zero-order valence-electron chi connectivity index (χ0n) is 10.5. The van der Waals surface area contributed by atoms with Crippen LogP contribution < -0.4 is 0 Å². The highest BCUT2D eigenvalue weighted by molar-refractivity contribution is 7.99. The fourth-order valence-corrected chi connectivity index (χ4v) is 2.61. The minimum absolute atomic E-state index is 0.0546. The maximum atomic E-state index is 12.0. The van der Waals surface area contributed by atoms with Gasteiger partial charge in [-0.05, 0) is 0 Å². The monoisotopic (exact) mass is 300 g/mol. The number of carbonyl (C=O) groups excluding carboxylic acids is 2. The van der Waals surface area contributed by atoms with Gasteiger partial charge in [0.15, 0.2) is 11.0 Å². The number of carbonyl (C=O) groups is 3. The molecule has 2 heterocycles. The maximum absolute atomic E-state index is 12.0. The largest absolute Gasteiger partial charge is 0.481 e. The van der Waals surface area contributed by atoms with Crippen LogP contribution in [0.4, 0.5) is 0 Å². The third-order valence-corrected chi connectivity index (χ3v) is 3.80. The van der Waals surface area contributed by atoms with Crippen LogP contribution in [0, 0.1) is 0 Å². The van der Waals surface area contributed by atoms with Crippen molar-refractivity contribution < 1.29 is 24.6 Å². The number of thioether (sulfide) groups is 1. The lowest BCUT2D eigenvalue weighted by molar-refractivity contribution is -0.137. The van der Waals surface area contributed by atoms with Crippen molar-refractivity contribution >= 4 is 29.5 Å². The molecule has 0 aromatic carbocycles. The molecule has 0 aliphatic carbocycles. The Balaban J connectivity index is 2.34. The van der Waals surface area contributed by atoms with E-state index in [1.807, 2.05) is 0 Å². The van der Waals surface area contributed by atoms with E-state index < -0.39 is 24.5 Å². The maximum Gasteiger partial charge on any atom is 0.313 e. The molecule has 1 saturated heterocycles. The van der Waals surface area contributed by atoms with E-state index in [2.05, 4.69) is 10.2 Å². The highest BCUT2D eigenvalue weighted by Gasteiger charge is 2.39. The first-order valence-corrected chi connectivity index (χ1v) is 6.64. The molecular formula is C10H12N4O5S. The highest BCUT2D eigenvalue weighted by Crippen LogP contribution is 2.29. The third kappa shape index (κ3) is 2.51. The molecule has 2 rings (SSSR count). The second kappa shape index (κ2) is 5.59. The predicted molar refractivity (Wildman–Crippen MR) is 65.7 cm³/mol. The van der Waals surface area contributed by atoms with Crippen LogP contribution in [0.3, 0.4) is 0 Å². The topological polar surface area (TPSA) is 126 Å². The van der Waals surface area contributed by atoms with Gasteiger partial charge in [-0.1, -0.05) is 11.8 Å². The Labute approximate surface area is 117 Å². The number of nitrogens with zero attached hydrogens (tertiary/aromatic N) is 4. The first kappa shape index (κ1) is 14.5. The number of aliphatic hydroxyl groups excluding tert-OH is 1. The molecule has 0 radical (unpaired) electrons. The molecular weight excluding hydrogens is 288 g/mol. The molecule has 1 aliphatic heterocycles. The van der Waals surface area contributed by atoms with Gasteiger partial charge in [-0.2, -0.15) is 0 Å². The lowest BCUT2D eigenvalue weighted by Gasteiger charge is -2.14. The van der Waals surface area contributed by atoms with E-state index in [1.54, 1.807) is 0 Å². The van der Waals surface area contributed by atoms with E-state index >= 15 is 0 Å². The number of imide groups is 1. The van der Waals surface area contributed by atoms with Crippen molar-refractivity contribution in [3.05, 3.63) is 5.82 Å². The molecule has 0 saturated carbocycles. The molecule has 1 aliphatic rings. The summed E-state index contributed by atoms with van der Waals surface area (Å²) in [6.07, 6.45) is -0.0546. The minimum atomic E-state index is -1.04. The highest BCUT2D eigenvalue weighted by atomic mass is 32.2. The summed E-state index contributed by atoms with van der Waals surface area (Å²) < 4.78 is 1.33. The molecule has 1 fully saturated rings. The van der Waals surface area contributed by atoms with Crippen LogP contribution in [0.5, 0.6) is 0 Å². The van der Waals surface area contributed by atoms with Crippen molar-refractivity contribution in [3.8, 4) is 0 Å². The van der Waals surface area contributed by atoms with Gasteiger partial charge in [0.05, 0.1) is 12.2 Å². The molecule has 1 aromatic rings. The van der Waals surface area contributed by atoms with Crippen molar-refractivity contribution in [3.63, 3.8) is 0 Å². The lowest BCUT2D eigenvalue weighted by atomic mass is 10.2. The van der Waals surface area contributed by atoms with E-state index in [0.717, 1.165) is 16.7 Å². The van der Waals surface area contributed by atoms with E-state index in [-0.39, 0.29) is 29.1 Å². The van der Waals surface area contributed by atoms with E-state index in [4.69, 9.17) is 5.11 Å². The number of aliphatic carboxylic acids is 1. The quantitative estimate of drug-likeness (QED) is 0.517. The normalized spacial score (nSPS) is 18.9. The Morgan fingerprint density at radius 1 is 1.45 bits per heavy atom. The SMILES string of the molecule is CN1C(=O)CC(n2c(CO)nnc2SCC(=O)O)C1=O. The lowest BCUT2D eigenvalue weighted by Crippen LogP contribution is -2.27. The van der Waals surface area contributed by atoms with E-state index in [0.29, 0.717) is 0 Å². The van der Waals surface area contributed by atoms with Gasteiger partial charge in [0.1, 0.15) is 12.6 Å². The van der Waals surface area contributed by atoms with Crippen LogP contribution in [-0.4, -0.2) is 60.5 Å². The Morgan fingerprint density at radius 2 is 2.15 bits per heavy atom. The molecule has 2 amide bonds. The first-order chi connectivity index (χ1) is 9.45. The number of likely N-dealkylation sites (tertiary alicyclic amines) is 1. The molecule has 108 valence electrons. The molecule has 1 atom stereocenters.